The number of hydrogen-bond acceptors (Lipinski definition) is 5. The van der Waals surface area contributed by atoms with Crippen molar-refractivity contribution in [2.75, 3.05) is 6.54 Å². The van der Waals surface area contributed by atoms with Crippen LogP contribution in [0.2, 0.25) is 0 Å². The summed E-state index contributed by atoms with van der Waals surface area (Å²) in [5.41, 5.74) is 8.47. The fraction of sp³-hybridized carbons (Fsp3) is 0.296. The number of allylic oxidation sites excluding steroid dienone is 2. The van der Waals surface area contributed by atoms with Crippen molar-refractivity contribution < 1.29 is 17.5 Å². The van der Waals surface area contributed by atoms with E-state index in [1.165, 1.54) is 12.2 Å². The topological polar surface area (TPSA) is 93.8 Å². The van der Waals surface area contributed by atoms with Crippen LogP contribution in [0.4, 0.5) is 4.39 Å². The zero-order valence-corrected chi connectivity index (χ0v) is 21.1. The van der Waals surface area contributed by atoms with E-state index in [1.54, 1.807) is 26.0 Å². The number of halogens is 1. The Bertz CT molecular complexity index is 1260. The Morgan fingerprint density at radius 2 is 1.91 bits per heavy atom. The molecule has 1 aliphatic rings. The fourth-order valence-electron chi connectivity index (χ4n) is 4.34. The van der Waals surface area contributed by atoms with Crippen LogP contribution in [0.1, 0.15) is 36.6 Å². The molecule has 8 heteroatoms. The predicted octanol–water partition coefficient (Wildman–Crippen LogP) is 5.10. The summed E-state index contributed by atoms with van der Waals surface area (Å²) in [5, 5.41) is -0.993. The molecule has 0 bridgehead atoms. The molecule has 35 heavy (non-hydrogen) atoms. The lowest BCUT2D eigenvalue weighted by Gasteiger charge is -2.39. The number of nitrogens with two attached hydrogens (primary N) is 1. The predicted molar refractivity (Wildman–Crippen MR) is 140 cm³/mol. The van der Waals surface area contributed by atoms with Crippen LogP contribution >= 0.6 is 0 Å². The Morgan fingerprint density at radius 3 is 2.46 bits per heavy atom. The summed E-state index contributed by atoms with van der Waals surface area (Å²) in [4.78, 5) is 4.36. The van der Waals surface area contributed by atoms with E-state index in [1.807, 2.05) is 43.3 Å². The van der Waals surface area contributed by atoms with Crippen LogP contribution < -0.4 is 10.5 Å². The molecule has 2 aromatic carbocycles. The molecule has 0 amide bonds. The Labute approximate surface area is 207 Å². The highest BCUT2D eigenvalue weighted by Crippen LogP contribution is 2.39. The zero-order chi connectivity index (χ0) is 25.8. The van der Waals surface area contributed by atoms with E-state index >= 15 is 0 Å². The summed E-state index contributed by atoms with van der Waals surface area (Å²) in [5.74, 6) is -0.697. The summed E-state index contributed by atoms with van der Waals surface area (Å²) in [7, 11) is -3.93. The van der Waals surface area contributed by atoms with Gasteiger partial charge < -0.3 is 10.5 Å². The first-order valence-corrected chi connectivity index (χ1v) is 12.9. The molecule has 1 unspecified atom stereocenters. The highest BCUT2D eigenvalue weighted by Gasteiger charge is 2.48. The summed E-state index contributed by atoms with van der Waals surface area (Å²) in [6, 6.07) is 14.4. The minimum absolute atomic E-state index is 0.160. The van der Waals surface area contributed by atoms with Gasteiger partial charge in [-0.3, -0.25) is 0 Å². The molecule has 3 rings (SSSR count). The highest BCUT2D eigenvalue weighted by molar-refractivity contribution is 7.90. The second-order valence-electron chi connectivity index (χ2n) is 8.96. The maximum Gasteiger partial charge on any atom is 0.299 e. The first-order valence-electron chi connectivity index (χ1n) is 11.3. The van der Waals surface area contributed by atoms with Crippen LogP contribution in [0.5, 0.6) is 0 Å². The highest BCUT2D eigenvalue weighted by atomic mass is 32.2. The molecule has 0 spiro atoms. The second kappa shape index (κ2) is 10.6. The Balaban J connectivity index is 1.95. The number of hydrogen-bond donors (Lipinski definition) is 2. The lowest BCUT2D eigenvalue weighted by atomic mass is 9.94. The van der Waals surface area contributed by atoms with E-state index in [4.69, 9.17) is 10.5 Å². The summed E-state index contributed by atoms with van der Waals surface area (Å²) in [6.07, 6.45) is 3.12. The number of rotatable bonds is 8. The van der Waals surface area contributed by atoms with Gasteiger partial charge in [-0.15, -0.1) is 0 Å². The van der Waals surface area contributed by atoms with E-state index in [2.05, 4.69) is 22.9 Å². The molecule has 3 N–H and O–H groups in total. The average Bonchev–Trinajstić information content (AvgIpc) is 2.76. The third kappa shape index (κ3) is 5.89. The van der Waals surface area contributed by atoms with Gasteiger partial charge in [0.15, 0.2) is 0 Å². The molecule has 1 saturated heterocycles. The third-order valence-electron chi connectivity index (χ3n) is 5.88. The number of aryl methyl sites for hydroxylation is 1. The Hall–Kier alpha value is -3.23. The molecule has 0 aliphatic carbocycles. The normalized spacial score (nSPS) is 21.0. The van der Waals surface area contributed by atoms with Crippen molar-refractivity contribution in [2.24, 2.45) is 10.7 Å². The summed E-state index contributed by atoms with van der Waals surface area (Å²) >= 11 is 0. The number of ether oxygens (including phenoxy) is 1. The van der Waals surface area contributed by atoms with Gasteiger partial charge in [-0.25, -0.2) is 22.5 Å². The molecule has 0 radical (unpaired) electrons. The van der Waals surface area contributed by atoms with Gasteiger partial charge in [-0.2, -0.15) is 0 Å². The molecular formula is C27H32FN3O3S. The van der Waals surface area contributed by atoms with Gasteiger partial charge >= 0.3 is 0 Å². The molecule has 6 nitrogen and oxygen atoms in total. The quantitative estimate of drug-likeness (QED) is 0.496. The van der Waals surface area contributed by atoms with E-state index in [0.29, 0.717) is 5.56 Å². The molecule has 0 saturated carbocycles. The molecule has 1 aliphatic heterocycles. The molecule has 2 aromatic rings. The largest absolute Gasteiger partial charge is 0.457 e. The van der Waals surface area contributed by atoms with Crippen molar-refractivity contribution in [1.82, 2.24) is 4.72 Å². The van der Waals surface area contributed by atoms with Crippen LogP contribution in [0, 0.1) is 6.92 Å². The van der Waals surface area contributed by atoms with Gasteiger partial charge in [-0.05, 0) is 56.0 Å². The SMILES string of the molecule is C=C/C=C(\C(=C)F)[C@H](CCN)N=C1NS(=O)(=O)C(c2ccc(-c3ccccc3C)cc2)C(C)(C)O1. The fourth-order valence-corrected chi connectivity index (χ4v) is 6.11. The number of sulfonamides is 1. The van der Waals surface area contributed by atoms with Gasteiger partial charge in [0.05, 0.1) is 6.04 Å². The number of aliphatic imine (C=N–C) groups is 1. The van der Waals surface area contributed by atoms with Crippen molar-refractivity contribution in [3.8, 4) is 11.1 Å². The first kappa shape index (κ1) is 26.4. The molecule has 1 fully saturated rings. The maximum absolute atomic E-state index is 14.0. The zero-order valence-electron chi connectivity index (χ0n) is 20.3. The van der Waals surface area contributed by atoms with Crippen molar-refractivity contribution in [1.29, 1.82) is 0 Å². The van der Waals surface area contributed by atoms with E-state index in [-0.39, 0.29) is 24.6 Å². The first-order chi connectivity index (χ1) is 16.5. The lowest BCUT2D eigenvalue weighted by molar-refractivity contribution is 0.0762. The third-order valence-corrected chi connectivity index (χ3v) is 7.80. The molecule has 186 valence electrons. The van der Waals surface area contributed by atoms with Gasteiger partial charge in [0.25, 0.3) is 6.02 Å². The minimum Gasteiger partial charge on any atom is -0.457 e. The Morgan fingerprint density at radius 1 is 1.26 bits per heavy atom. The smallest absolute Gasteiger partial charge is 0.299 e. The van der Waals surface area contributed by atoms with E-state index in [0.717, 1.165) is 16.7 Å². The number of nitrogens with zero attached hydrogens (tertiary/aromatic N) is 1. The number of benzene rings is 2. The molecule has 1 heterocycles. The average molecular weight is 498 g/mol. The van der Waals surface area contributed by atoms with Crippen LogP contribution in [-0.4, -0.2) is 32.6 Å². The van der Waals surface area contributed by atoms with Crippen molar-refractivity contribution in [2.45, 2.75) is 44.1 Å². The minimum atomic E-state index is -3.93. The number of nitrogens with one attached hydrogen (secondary N) is 1. The molecule has 2 atom stereocenters. The second-order valence-corrected chi connectivity index (χ2v) is 10.7. The van der Waals surface area contributed by atoms with E-state index < -0.39 is 32.7 Å². The van der Waals surface area contributed by atoms with Crippen molar-refractivity contribution in [3.05, 3.63) is 96.4 Å². The van der Waals surface area contributed by atoms with Gasteiger partial charge in [0.2, 0.25) is 10.0 Å². The maximum atomic E-state index is 14.0. The van der Waals surface area contributed by atoms with Crippen LogP contribution in [0.3, 0.4) is 0 Å². The van der Waals surface area contributed by atoms with Crippen LogP contribution in [0.25, 0.3) is 11.1 Å². The van der Waals surface area contributed by atoms with Crippen LogP contribution in [0.15, 0.2) is 90.2 Å². The van der Waals surface area contributed by atoms with Gasteiger partial charge in [-0.1, -0.05) is 73.8 Å². The monoisotopic (exact) mass is 497 g/mol. The number of amidine groups is 1. The lowest BCUT2D eigenvalue weighted by Crippen LogP contribution is -2.53. The van der Waals surface area contributed by atoms with Gasteiger partial charge in [0, 0.05) is 5.57 Å². The van der Waals surface area contributed by atoms with Crippen molar-refractivity contribution in [3.63, 3.8) is 0 Å². The van der Waals surface area contributed by atoms with Gasteiger partial charge in [0.1, 0.15) is 16.7 Å². The van der Waals surface area contributed by atoms with E-state index in [9.17, 15) is 12.8 Å². The summed E-state index contributed by atoms with van der Waals surface area (Å²) in [6.45, 7) is 12.5. The molecule has 0 aromatic heterocycles. The molecular weight excluding hydrogens is 465 g/mol. The Kier molecular flexibility index (Phi) is 7.97. The van der Waals surface area contributed by atoms with Crippen LogP contribution in [-0.2, 0) is 14.8 Å². The summed E-state index contributed by atoms with van der Waals surface area (Å²) < 4.78 is 49.2. The standard InChI is InChI=1S/C27H32FN3O3S/c1-6-9-23(19(3)28)24(16-17-29)30-26-31-35(32,33)25(27(4,5)34-26)21-14-12-20(13-15-21)22-11-8-7-10-18(22)2/h6-15,24-25H,1,3,16-17,29H2,2,4-5H3,(H,30,31)/b23-9+/t24-,25?/m0/s1. The van der Waals surface area contributed by atoms with Crippen molar-refractivity contribution >= 4 is 16.0 Å².